The number of aryl methyl sites for hydroxylation is 1. The van der Waals surface area contributed by atoms with Gasteiger partial charge in [-0.3, -0.25) is 19.3 Å². The van der Waals surface area contributed by atoms with Gasteiger partial charge in [0.05, 0.1) is 33.8 Å². The standard InChI is InChI=1S/C21H19Cl2N3O6/c1-10-6-17(25-32-10)24-18(27)9-31-21(30)11-2-4-12(5-3-11)26-19(28)13-7-15(22)16(23)8-14(13)20(26)29/h2-6,13-16H,7-9H2,1H3,(H,24,25,27)/t13-,14+,15+,16-. The first-order valence-corrected chi connectivity index (χ1v) is 10.8. The number of fused-ring (bicyclic) bond motifs is 1. The van der Waals surface area contributed by atoms with E-state index in [1.54, 1.807) is 6.92 Å². The number of anilines is 2. The topological polar surface area (TPSA) is 119 Å². The number of imide groups is 1. The number of alkyl halides is 2. The van der Waals surface area contributed by atoms with Crippen LogP contribution in [0.5, 0.6) is 0 Å². The first-order valence-electron chi connectivity index (χ1n) is 9.91. The Labute approximate surface area is 192 Å². The van der Waals surface area contributed by atoms with Crippen molar-refractivity contribution in [3.8, 4) is 0 Å². The van der Waals surface area contributed by atoms with Crippen LogP contribution in [0.1, 0.15) is 29.0 Å². The second-order valence-electron chi connectivity index (χ2n) is 7.72. The molecular formula is C21H19Cl2N3O6. The van der Waals surface area contributed by atoms with Crippen LogP contribution in [0.15, 0.2) is 34.9 Å². The Morgan fingerprint density at radius 2 is 1.72 bits per heavy atom. The van der Waals surface area contributed by atoms with E-state index in [1.807, 2.05) is 0 Å². The Hall–Kier alpha value is -2.91. The largest absolute Gasteiger partial charge is 0.452 e. The van der Waals surface area contributed by atoms with Crippen LogP contribution in [0.2, 0.25) is 0 Å². The molecule has 1 N–H and O–H groups in total. The van der Waals surface area contributed by atoms with E-state index in [0.717, 1.165) is 4.90 Å². The third-order valence-electron chi connectivity index (χ3n) is 5.50. The molecule has 1 aromatic heterocycles. The van der Waals surface area contributed by atoms with Crippen molar-refractivity contribution in [2.45, 2.75) is 30.5 Å². The predicted molar refractivity (Wildman–Crippen MR) is 115 cm³/mol. The number of rotatable bonds is 5. The highest BCUT2D eigenvalue weighted by Crippen LogP contribution is 2.43. The average Bonchev–Trinajstić information content (AvgIpc) is 3.27. The van der Waals surface area contributed by atoms with E-state index >= 15 is 0 Å². The average molecular weight is 480 g/mol. The lowest BCUT2D eigenvalue weighted by atomic mass is 9.80. The molecule has 0 unspecified atom stereocenters. The molecule has 0 bridgehead atoms. The van der Waals surface area contributed by atoms with Gasteiger partial charge >= 0.3 is 5.97 Å². The second-order valence-corrected chi connectivity index (χ2v) is 8.84. The molecule has 1 saturated carbocycles. The zero-order valence-corrected chi connectivity index (χ0v) is 18.4. The zero-order chi connectivity index (χ0) is 23.0. The summed E-state index contributed by atoms with van der Waals surface area (Å²) in [7, 11) is 0. The van der Waals surface area contributed by atoms with Gasteiger partial charge in [0.2, 0.25) is 11.8 Å². The van der Waals surface area contributed by atoms with Crippen LogP contribution in [0.3, 0.4) is 0 Å². The number of aromatic nitrogens is 1. The van der Waals surface area contributed by atoms with Gasteiger partial charge in [-0.25, -0.2) is 4.79 Å². The molecule has 0 radical (unpaired) electrons. The smallest absolute Gasteiger partial charge is 0.338 e. The van der Waals surface area contributed by atoms with Crippen LogP contribution in [0.4, 0.5) is 11.5 Å². The van der Waals surface area contributed by atoms with Crippen LogP contribution < -0.4 is 10.2 Å². The molecule has 1 saturated heterocycles. The molecule has 4 atom stereocenters. The van der Waals surface area contributed by atoms with Crippen LogP contribution in [-0.4, -0.2) is 46.2 Å². The number of benzene rings is 1. The minimum Gasteiger partial charge on any atom is -0.452 e. The number of nitrogens with zero attached hydrogens (tertiary/aromatic N) is 2. The fourth-order valence-electron chi connectivity index (χ4n) is 3.91. The molecule has 32 heavy (non-hydrogen) atoms. The molecule has 2 fully saturated rings. The predicted octanol–water partition coefficient (Wildman–Crippen LogP) is 2.89. The van der Waals surface area contributed by atoms with Crippen molar-refractivity contribution < 1.29 is 28.4 Å². The summed E-state index contributed by atoms with van der Waals surface area (Å²) in [4.78, 5) is 50.8. The minimum absolute atomic E-state index is 0.164. The van der Waals surface area contributed by atoms with E-state index < -0.39 is 30.3 Å². The third kappa shape index (κ3) is 4.35. The van der Waals surface area contributed by atoms with Crippen molar-refractivity contribution in [2.24, 2.45) is 11.8 Å². The molecule has 2 heterocycles. The van der Waals surface area contributed by atoms with Crippen LogP contribution >= 0.6 is 23.2 Å². The lowest BCUT2D eigenvalue weighted by Gasteiger charge is -2.28. The second kappa shape index (κ2) is 8.91. The number of ether oxygens (including phenoxy) is 1. The van der Waals surface area contributed by atoms with Crippen LogP contribution in [0, 0.1) is 18.8 Å². The van der Waals surface area contributed by atoms with Crippen molar-refractivity contribution in [2.75, 3.05) is 16.8 Å². The highest BCUT2D eigenvalue weighted by molar-refractivity contribution is 6.31. The Kier molecular flexibility index (Phi) is 6.21. The van der Waals surface area contributed by atoms with Gasteiger partial charge < -0.3 is 14.6 Å². The molecule has 4 rings (SSSR count). The number of hydrogen-bond donors (Lipinski definition) is 1. The summed E-state index contributed by atoms with van der Waals surface area (Å²) in [5, 5.41) is 5.32. The summed E-state index contributed by atoms with van der Waals surface area (Å²) in [6.45, 7) is 1.16. The van der Waals surface area contributed by atoms with Gasteiger partial charge in [-0.15, -0.1) is 23.2 Å². The Morgan fingerprint density at radius 3 is 2.25 bits per heavy atom. The Balaban J connectivity index is 1.37. The van der Waals surface area contributed by atoms with Gasteiger partial charge in [0.1, 0.15) is 5.76 Å². The highest BCUT2D eigenvalue weighted by Gasteiger charge is 2.52. The fourth-order valence-corrected chi connectivity index (χ4v) is 4.50. The van der Waals surface area contributed by atoms with Gasteiger partial charge in [-0.2, -0.15) is 0 Å². The number of amides is 3. The van der Waals surface area contributed by atoms with E-state index in [9.17, 15) is 19.2 Å². The molecule has 2 aromatic rings. The Bertz CT molecular complexity index is 1040. The van der Waals surface area contributed by atoms with Gasteiger partial charge in [-0.05, 0) is 44.0 Å². The molecule has 0 spiro atoms. The van der Waals surface area contributed by atoms with E-state index in [2.05, 4.69) is 10.5 Å². The van der Waals surface area contributed by atoms with Crippen molar-refractivity contribution in [1.82, 2.24) is 5.16 Å². The van der Waals surface area contributed by atoms with Crippen molar-refractivity contribution in [3.05, 3.63) is 41.7 Å². The van der Waals surface area contributed by atoms with Crippen molar-refractivity contribution in [3.63, 3.8) is 0 Å². The number of hydrogen-bond acceptors (Lipinski definition) is 7. The summed E-state index contributed by atoms with van der Waals surface area (Å²) in [5.74, 6) is -2.17. The summed E-state index contributed by atoms with van der Waals surface area (Å²) in [5.41, 5.74) is 0.513. The SMILES string of the molecule is Cc1cc(NC(=O)COC(=O)c2ccc(N3C(=O)[C@H]4C[C@@H](Cl)[C@@H](Cl)C[C@H]4C3=O)cc2)no1. The maximum atomic E-state index is 12.8. The number of nitrogens with one attached hydrogen (secondary N) is 1. The number of esters is 1. The summed E-state index contributed by atoms with van der Waals surface area (Å²) < 4.78 is 9.82. The molecule has 9 nitrogen and oxygen atoms in total. The van der Waals surface area contributed by atoms with Gasteiger partial charge in [0, 0.05) is 6.07 Å². The van der Waals surface area contributed by atoms with Crippen LogP contribution in [0.25, 0.3) is 0 Å². The van der Waals surface area contributed by atoms with Gasteiger partial charge in [-0.1, -0.05) is 5.16 Å². The number of carbonyl (C=O) groups is 4. The van der Waals surface area contributed by atoms with Crippen LogP contribution in [-0.2, 0) is 19.1 Å². The van der Waals surface area contributed by atoms with Gasteiger partial charge in [0.15, 0.2) is 12.4 Å². The van der Waals surface area contributed by atoms with E-state index in [4.69, 9.17) is 32.5 Å². The lowest BCUT2D eigenvalue weighted by Crippen LogP contribution is -2.34. The monoisotopic (exact) mass is 479 g/mol. The molecule has 1 aliphatic carbocycles. The maximum absolute atomic E-state index is 12.8. The molecule has 3 amide bonds. The zero-order valence-electron chi connectivity index (χ0n) is 16.9. The fraction of sp³-hybridized carbons (Fsp3) is 0.381. The normalized spacial score (nSPS) is 24.9. The van der Waals surface area contributed by atoms with Crippen molar-refractivity contribution >= 4 is 58.4 Å². The third-order valence-corrected chi connectivity index (χ3v) is 6.60. The van der Waals surface area contributed by atoms with E-state index in [0.29, 0.717) is 24.3 Å². The Morgan fingerprint density at radius 1 is 1.12 bits per heavy atom. The number of halogens is 2. The quantitative estimate of drug-likeness (QED) is 0.397. The number of carbonyl (C=O) groups excluding carboxylic acids is 4. The highest BCUT2D eigenvalue weighted by atomic mass is 35.5. The summed E-state index contributed by atoms with van der Waals surface area (Å²) >= 11 is 12.4. The first kappa shape index (κ1) is 22.3. The van der Waals surface area contributed by atoms with Crippen molar-refractivity contribution in [1.29, 1.82) is 0 Å². The molecule has 1 aliphatic heterocycles. The molecule has 1 aromatic carbocycles. The maximum Gasteiger partial charge on any atom is 0.338 e. The van der Waals surface area contributed by atoms with E-state index in [-0.39, 0.29) is 33.9 Å². The summed E-state index contributed by atoms with van der Waals surface area (Å²) in [6, 6.07) is 7.34. The lowest BCUT2D eigenvalue weighted by molar-refractivity contribution is -0.122. The van der Waals surface area contributed by atoms with Gasteiger partial charge in [0.25, 0.3) is 5.91 Å². The molecule has 11 heteroatoms. The summed E-state index contributed by atoms with van der Waals surface area (Å²) in [6.07, 6.45) is 0.698. The molecule has 2 aliphatic rings. The first-order chi connectivity index (χ1) is 15.2. The minimum atomic E-state index is -0.731. The molecule has 168 valence electrons. The van der Waals surface area contributed by atoms with E-state index in [1.165, 1.54) is 30.3 Å². The molecular weight excluding hydrogens is 461 g/mol.